The molecular formula is C22H21Cl2NO4. The summed E-state index contributed by atoms with van der Waals surface area (Å²) in [5, 5.41) is 21.0. The highest BCUT2D eigenvalue weighted by atomic mass is 35.5. The SMILES string of the molecule is CCCCC(C(=O)O)c1c(C)n(C(=O)c2ccc(Cl)cc2)c2ccc(O)c(Cl)c12. The maximum atomic E-state index is 13.3. The van der Waals surface area contributed by atoms with Gasteiger partial charge in [-0.2, -0.15) is 0 Å². The third-order valence-electron chi connectivity index (χ3n) is 5.12. The second-order valence-corrected chi connectivity index (χ2v) is 7.79. The number of fused-ring (bicyclic) bond motifs is 1. The first-order valence-corrected chi connectivity index (χ1v) is 10.1. The van der Waals surface area contributed by atoms with Crippen molar-refractivity contribution in [3.8, 4) is 5.75 Å². The molecular weight excluding hydrogens is 413 g/mol. The van der Waals surface area contributed by atoms with E-state index in [1.165, 1.54) is 10.6 Å². The summed E-state index contributed by atoms with van der Waals surface area (Å²) < 4.78 is 1.46. The Balaban J connectivity index is 2.30. The zero-order valence-corrected chi connectivity index (χ0v) is 17.6. The van der Waals surface area contributed by atoms with Gasteiger partial charge in [-0.3, -0.25) is 14.2 Å². The van der Waals surface area contributed by atoms with E-state index in [0.29, 0.717) is 45.6 Å². The summed E-state index contributed by atoms with van der Waals surface area (Å²) >= 11 is 12.3. The molecule has 0 saturated heterocycles. The lowest BCUT2D eigenvalue weighted by molar-refractivity contribution is -0.139. The van der Waals surface area contributed by atoms with Crippen LogP contribution in [-0.4, -0.2) is 26.7 Å². The smallest absolute Gasteiger partial charge is 0.311 e. The molecule has 1 heterocycles. The van der Waals surface area contributed by atoms with Gasteiger partial charge in [0.25, 0.3) is 5.91 Å². The van der Waals surface area contributed by atoms with Crippen molar-refractivity contribution >= 4 is 46.0 Å². The molecule has 1 unspecified atom stereocenters. The summed E-state index contributed by atoms with van der Waals surface area (Å²) in [6.45, 7) is 3.69. The van der Waals surface area contributed by atoms with Gasteiger partial charge in [-0.1, -0.05) is 43.0 Å². The van der Waals surface area contributed by atoms with E-state index in [4.69, 9.17) is 23.2 Å². The minimum atomic E-state index is -0.987. The Morgan fingerprint density at radius 1 is 1.10 bits per heavy atom. The van der Waals surface area contributed by atoms with E-state index in [2.05, 4.69) is 0 Å². The van der Waals surface area contributed by atoms with Gasteiger partial charge in [0.2, 0.25) is 0 Å². The summed E-state index contributed by atoms with van der Waals surface area (Å²) in [6, 6.07) is 9.46. The van der Waals surface area contributed by atoms with Crippen LogP contribution in [0.1, 0.15) is 53.7 Å². The quantitative estimate of drug-likeness (QED) is 0.498. The zero-order chi connectivity index (χ0) is 21.3. The number of nitrogens with zero attached hydrogens (tertiary/aromatic N) is 1. The topological polar surface area (TPSA) is 79.5 Å². The number of phenols is 1. The summed E-state index contributed by atoms with van der Waals surface area (Å²) in [4.78, 5) is 25.3. The fraction of sp³-hybridized carbons (Fsp3) is 0.273. The number of halogens is 2. The molecule has 2 aromatic carbocycles. The Bertz CT molecular complexity index is 1090. The standard InChI is InChI=1S/C22H21Cl2NO4/c1-3-4-5-15(22(28)29)18-12(2)25(16-10-11-17(26)20(24)19(16)18)21(27)13-6-8-14(23)9-7-13/h6-11,15,26H,3-5H2,1-2H3,(H,28,29). The Hall–Kier alpha value is -2.50. The van der Waals surface area contributed by atoms with E-state index < -0.39 is 11.9 Å². The first kappa shape index (κ1) is 21.2. The molecule has 1 atom stereocenters. The molecule has 3 aromatic rings. The van der Waals surface area contributed by atoms with Crippen LogP contribution < -0.4 is 0 Å². The normalized spacial score (nSPS) is 12.3. The molecule has 0 fully saturated rings. The molecule has 2 N–H and O–H groups in total. The van der Waals surface area contributed by atoms with Crippen LogP contribution in [0.15, 0.2) is 36.4 Å². The van der Waals surface area contributed by atoms with Gasteiger partial charge in [0.05, 0.1) is 16.5 Å². The van der Waals surface area contributed by atoms with Crippen molar-refractivity contribution in [3.05, 3.63) is 63.3 Å². The molecule has 0 aliphatic heterocycles. The van der Waals surface area contributed by atoms with Crippen LogP contribution in [-0.2, 0) is 4.79 Å². The van der Waals surface area contributed by atoms with E-state index in [1.807, 2.05) is 6.92 Å². The number of carbonyl (C=O) groups excluding carboxylic acids is 1. The zero-order valence-electron chi connectivity index (χ0n) is 16.1. The molecule has 0 amide bonds. The largest absolute Gasteiger partial charge is 0.506 e. The number of benzene rings is 2. The molecule has 152 valence electrons. The number of hydrogen-bond acceptors (Lipinski definition) is 3. The number of rotatable bonds is 6. The Morgan fingerprint density at radius 2 is 1.76 bits per heavy atom. The number of aromatic nitrogens is 1. The number of carboxylic acid groups (broad SMARTS) is 1. The van der Waals surface area contributed by atoms with Gasteiger partial charge in [-0.25, -0.2) is 0 Å². The predicted octanol–water partition coefficient (Wildman–Crippen LogP) is 6.01. The van der Waals surface area contributed by atoms with E-state index in [-0.39, 0.29) is 16.7 Å². The van der Waals surface area contributed by atoms with Crippen LogP contribution in [0.3, 0.4) is 0 Å². The molecule has 29 heavy (non-hydrogen) atoms. The number of aromatic hydroxyl groups is 1. The van der Waals surface area contributed by atoms with E-state index in [1.54, 1.807) is 37.3 Å². The van der Waals surface area contributed by atoms with Gasteiger partial charge >= 0.3 is 5.97 Å². The van der Waals surface area contributed by atoms with E-state index in [9.17, 15) is 19.8 Å². The number of hydrogen-bond donors (Lipinski definition) is 2. The molecule has 1 aromatic heterocycles. The molecule has 5 nitrogen and oxygen atoms in total. The summed E-state index contributed by atoms with van der Waals surface area (Å²) in [5.74, 6) is -2.30. The molecule has 0 spiro atoms. The number of aliphatic carboxylic acids is 1. The third-order valence-corrected chi connectivity index (χ3v) is 5.76. The second kappa shape index (κ2) is 8.47. The van der Waals surface area contributed by atoms with Crippen LogP contribution in [0.2, 0.25) is 10.0 Å². The summed E-state index contributed by atoms with van der Waals surface area (Å²) in [5.41, 5.74) is 1.83. The lowest BCUT2D eigenvalue weighted by atomic mass is 9.91. The molecule has 7 heteroatoms. The minimum absolute atomic E-state index is 0.0472. The van der Waals surface area contributed by atoms with Gasteiger partial charge in [-0.05, 0) is 55.3 Å². The maximum absolute atomic E-state index is 13.3. The first-order valence-electron chi connectivity index (χ1n) is 9.33. The molecule has 0 bridgehead atoms. The number of carbonyl (C=O) groups is 2. The summed E-state index contributed by atoms with van der Waals surface area (Å²) in [6.07, 6.45) is 1.96. The van der Waals surface area contributed by atoms with Gasteiger partial charge in [0.1, 0.15) is 5.75 Å². The molecule has 0 saturated carbocycles. The number of carboxylic acids is 1. The number of unbranched alkanes of at least 4 members (excludes halogenated alkanes) is 1. The molecule has 0 aliphatic rings. The third kappa shape index (κ3) is 3.85. The van der Waals surface area contributed by atoms with Crippen LogP contribution in [0, 0.1) is 6.92 Å². The fourth-order valence-corrected chi connectivity index (χ4v) is 4.08. The predicted molar refractivity (Wildman–Crippen MR) is 114 cm³/mol. The minimum Gasteiger partial charge on any atom is -0.506 e. The van der Waals surface area contributed by atoms with E-state index in [0.717, 1.165) is 6.42 Å². The Labute approximate surface area is 178 Å². The first-order chi connectivity index (χ1) is 13.8. The van der Waals surface area contributed by atoms with Crippen molar-refractivity contribution in [1.82, 2.24) is 4.57 Å². The lowest BCUT2D eigenvalue weighted by Crippen LogP contribution is -2.16. The molecule has 3 rings (SSSR count). The van der Waals surface area contributed by atoms with Crippen LogP contribution in [0.4, 0.5) is 0 Å². The summed E-state index contributed by atoms with van der Waals surface area (Å²) in [7, 11) is 0. The monoisotopic (exact) mass is 433 g/mol. The fourth-order valence-electron chi connectivity index (χ4n) is 3.69. The van der Waals surface area contributed by atoms with Crippen molar-refractivity contribution in [3.63, 3.8) is 0 Å². The average molecular weight is 434 g/mol. The maximum Gasteiger partial charge on any atom is 0.311 e. The molecule has 0 radical (unpaired) electrons. The van der Waals surface area contributed by atoms with Crippen LogP contribution >= 0.6 is 23.2 Å². The lowest BCUT2D eigenvalue weighted by Gasteiger charge is -2.14. The van der Waals surface area contributed by atoms with Gasteiger partial charge in [0.15, 0.2) is 0 Å². The van der Waals surface area contributed by atoms with Crippen LogP contribution in [0.5, 0.6) is 5.75 Å². The van der Waals surface area contributed by atoms with Crippen molar-refractivity contribution < 1.29 is 19.8 Å². The van der Waals surface area contributed by atoms with Gasteiger partial charge in [-0.15, -0.1) is 0 Å². The van der Waals surface area contributed by atoms with Gasteiger partial charge < -0.3 is 10.2 Å². The van der Waals surface area contributed by atoms with Crippen molar-refractivity contribution in [2.75, 3.05) is 0 Å². The number of phenolic OH excluding ortho intramolecular Hbond substituents is 1. The highest BCUT2D eigenvalue weighted by molar-refractivity contribution is 6.37. The van der Waals surface area contributed by atoms with Crippen molar-refractivity contribution in [2.45, 2.75) is 39.0 Å². The highest BCUT2D eigenvalue weighted by Gasteiger charge is 2.30. The van der Waals surface area contributed by atoms with E-state index >= 15 is 0 Å². The second-order valence-electron chi connectivity index (χ2n) is 6.97. The van der Waals surface area contributed by atoms with Crippen molar-refractivity contribution in [2.24, 2.45) is 0 Å². The van der Waals surface area contributed by atoms with Gasteiger partial charge in [0, 0.05) is 21.7 Å². The van der Waals surface area contributed by atoms with Crippen molar-refractivity contribution in [1.29, 1.82) is 0 Å². The Morgan fingerprint density at radius 3 is 2.34 bits per heavy atom. The van der Waals surface area contributed by atoms with Crippen LogP contribution in [0.25, 0.3) is 10.9 Å². The Kier molecular flexibility index (Phi) is 6.20. The molecule has 0 aliphatic carbocycles. The average Bonchev–Trinajstić information content (AvgIpc) is 2.98. The highest BCUT2D eigenvalue weighted by Crippen LogP contribution is 2.42.